The Morgan fingerprint density at radius 2 is 0.870 bits per heavy atom. The average Bonchev–Trinajstić information content (AvgIpc) is 0.770. The molecule has 4 aliphatic rings. The van der Waals surface area contributed by atoms with Crippen molar-refractivity contribution in [2.45, 2.75) is 88.6 Å². The number of benzene rings is 8. The number of nitrogens with zero attached hydrogens (tertiary/aromatic N) is 6. The Kier molecular flexibility index (Phi) is 16.2. The molecule has 0 saturated carbocycles. The minimum Gasteiger partial charge on any atom is -0.508 e. The number of aromatic hydroxyl groups is 1. The van der Waals surface area contributed by atoms with E-state index in [0.717, 1.165) is 61.4 Å². The molecule has 9 heterocycles. The summed E-state index contributed by atoms with van der Waals surface area (Å²) < 4.78 is 4.80. The van der Waals surface area contributed by atoms with E-state index in [4.69, 9.17) is 26.6 Å². The van der Waals surface area contributed by atoms with Crippen molar-refractivity contribution >= 4 is 100 Å². The van der Waals surface area contributed by atoms with Gasteiger partial charge >= 0.3 is 0 Å². The lowest BCUT2D eigenvalue weighted by atomic mass is 9.95. The van der Waals surface area contributed by atoms with Crippen LogP contribution in [-0.4, -0.2) is 66.4 Å². The first kappa shape index (κ1) is 62.8. The van der Waals surface area contributed by atoms with Crippen LogP contribution < -0.4 is 32.6 Å². The third kappa shape index (κ3) is 11.5. The van der Waals surface area contributed by atoms with Crippen molar-refractivity contribution in [2.24, 2.45) is 5.92 Å². The Bertz CT molecular complexity index is 5840. The van der Waals surface area contributed by atoms with Gasteiger partial charge in [-0.2, -0.15) is 0 Å². The highest BCUT2D eigenvalue weighted by atomic mass is 35.5. The zero-order chi connectivity index (χ0) is 68.4. The Balaban J connectivity index is 0.000000117. The number of hydrogen-bond acceptors (Lipinski definition) is 10. The number of amides is 3. The number of carbonyl (C=O) groups is 3. The lowest BCUT2D eigenvalue weighted by Gasteiger charge is -2.34. The van der Waals surface area contributed by atoms with Crippen molar-refractivity contribution < 1.29 is 19.5 Å². The molecule has 0 radical (unpaired) electrons. The van der Waals surface area contributed by atoms with Gasteiger partial charge in [-0.05, 0) is 131 Å². The molecule has 1 aliphatic carbocycles. The van der Waals surface area contributed by atoms with E-state index in [1.807, 2.05) is 160 Å². The third-order valence-corrected chi connectivity index (χ3v) is 20.1. The predicted molar refractivity (Wildman–Crippen MR) is 388 cm³/mol. The minimum atomic E-state index is -0.713. The van der Waals surface area contributed by atoms with E-state index in [1.54, 1.807) is 56.2 Å². The second-order valence-corrected chi connectivity index (χ2v) is 26.8. The van der Waals surface area contributed by atoms with Crippen LogP contribution in [0.3, 0.4) is 0 Å². The summed E-state index contributed by atoms with van der Waals surface area (Å²) in [6, 6.07) is 55.5. The van der Waals surface area contributed by atoms with Gasteiger partial charge in [0.25, 0.3) is 16.7 Å². The monoisotopic (exact) mass is 1340 g/mol. The zero-order valence-electron chi connectivity index (χ0n) is 54.4. The quantitative estimate of drug-likeness (QED) is 0.0644. The van der Waals surface area contributed by atoms with E-state index in [-0.39, 0.29) is 58.2 Å². The maximum Gasteiger partial charge on any atom is 0.262 e. The number of allylic oxidation sites excluding steroid dienone is 1. The fourth-order valence-corrected chi connectivity index (χ4v) is 15.1. The number of para-hydroxylation sites is 5. The topological polar surface area (TPSA) is 260 Å². The van der Waals surface area contributed by atoms with E-state index in [2.05, 4.69) is 55.2 Å². The van der Waals surface area contributed by atoms with Gasteiger partial charge in [-0.15, -0.1) is 0 Å². The van der Waals surface area contributed by atoms with Crippen LogP contribution in [0.25, 0.3) is 71.0 Å². The van der Waals surface area contributed by atoms with Crippen molar-refractivity contribution in [1.82, 2.24) is 59.6 Å². The molecular formula is C80H67ClN12O7. The lowest BCUT2D eigenvalue weighted by Crippen LogP contribution is -2.49. The van der Waals surface area contributed by atoms with Crippen LogP contribution in [-0.2, 0) is 46.5 Å². The second-order valence-electron chi connectivity index (χ2n) is 26.4. The maximum absolute atomic E-state index is 13.8. The van der Waals surface area contributed by atoms with Gasteiger partial charge in [0.1, 0.15) is 41.3 Å². The summed E-state index contributed by atoms with van der Waals surface area (Å²) in [5, 5.41) is 24.1. The van der Waals surface area contributed by atoms with Gasteiger partial charge in [-0.1, -0.05) is 147 Å². The molecule has 6 atom stereocenters. The number of phenols is 1. The van der Waals surface area contributed by atoms with E-state index < -0.39 is 24.2 Å². The fourth-order valence-electron chi connectivity index (χ4n) is 14.9. The molecule has 8 aromatic carbocycles. The summed E-state index contributed by atoms with van der Waals surface area (Å²) in [7, 11) is 0. The number of carbonyl (C=O) groups excluding carboxylic acids is 3. The normalized spacial score (nSPS) is 18.3. The molecule has 7 N–H and O–H groups in total. The fraction of sp³-hybridized carbons (Fsp3) is 0.188. The molecule has 0 unspecified atom stereocenters. The van der Waals surface area contributed by atoms with Crippen molar-refractivity contribution in [3.05, 3.63) is 300 Å². The molecule has 18 rings (SSSR count). The number of nitrogens with one attached hydrogen (secondary N) is 6. The molecule has 0 spiro atoms. The molecule has 3 aliphatic heterocycles. The summed E-state index contributed by atoms with van der Waals surface area (Å²) >= 11 is 6.14. The van der Waals surface area contributed by atoms with Crippen LogP contribution >= 0.6 is 11.6 Å². The average molecular weight is 1340 g/mol. The first-order valence-electron chi connectivity index (χ1n) is 33.5. The highest BCUT2D eigenvalue weighted by Gasteiger charge is 2.40. The summed E-state index contributed by atoms with van der Waals surface area (Å²) in [5.41, 5.74) is 11.8. The van der Waals surface area contributed by atoms with Gasteiger partial charge in [0, 0.05) is 82.0 Å². The minimum absolute atomic E-state index is 0.0888. The number of phenolic OH excluding ortho intramolecular Hbond substituents is 1. The number of H-pyrrole nitrogens is 3. The molecule has 20 heteroatoms. The van der Waals surface area contributed by atoms with Crippen molar-refractivity contribution in [2.75, 3.05) is 0 Å². The molecule has 496 valence electrons. The van der Waals surface area contributed by atoms with E-state index in [9.17, 15) is 33.9 Å². The Morgan fingerprint density at radius 3 is 1.39 bits per heavy atom. The molecule has 0 fully saturated rings. The number of aromatic nitrogens is 9. The molecule has 0 saturated heterocycles. The predicted octanol–water partition coefficient (Wildman–Crippen LogP) is 12.8. The van der Waals surface area contributed by atoms with Crippen molar-refractivity contribution in [1.29, 1.82) is 0 Å². The van der Waals surface area contributed by atoms with Gasteiger partial charge in [0.05, 0.1) is 50.8 Å². The molecule has 100 heavy (non-hydrogen) atoms. The first-order chi connectivity index (χ1) is 48.7. The van der Waals surface area contributed by atoms with Crippen molar-refractivity contribution in [3.63, 3.8) is 0 Å². The van der Waals surface area contributed by atoms with Gasteiger partial charge < -0.3 is 36.0 Å². The summed E-state index contributed by atoms with van der Waals surface area (Å²) in [4.78, 5) is 106. The van der Waals surface area contributed by atoms with E-state index in [0.29, 0.717) is 87.3 Å². The molecule has 0 bridgehead atoms. The Hall–Kier alpha value is -12.0. The first-order valence-corrected chi connectivity index (χ1v) is 33.9. The van der Waals surface area contributed by atoms with Gasteiger partial charge in [-0.25, -0.2) is 15.0 Å². The number of rotatable bonds is 11. The van der Waals surface area contributed by atoms with Crippen molar-refractivity contribution in [3.8, 4) is 5.75 Å². The summed E-state index contributed by atoms with van der Waals surface area (Å²) in [5.74, 6) is 1.49. The van der Waals surface area contributed by atoms with E-state index >= 15 is 0 Å². The Labute approximate surface area is 576 Å². The summed E-state index contributed by atoms with van der Waals surface area (Å²) in [6.07, 6.45) is 11.1. The highest BCUT2D eigenvalue weighted by molar-refractivity contribution is 6.31. The van der Waals surface area contributed by atoms with Crippen LogP contribution in [0.2, 0.25) is 5.02 Å². The summed E-state index contributed by atoms with van der Waals surface area (Å²) in [6.45, 7) is 4.01. The number of fused-ring (bicyclic) bond motifs is 10. The largest absolute Gasteiger partial charge is 0.508 e. The number of hydrogen-bond donors (Lipinski definition) is 7. The smallest absolute Gasteiger partial charge is 0.262 e. The second kappa shape index (κ2) is 25.8. The van der Waals surface area contributed by atoms with Gasteiger partial charge in [0.15, 0.2) is 0 Å². The zero-order valence-corrected chi connectivity index (χ0v) is 55.2. The van der Waals surface area contributed by atoms with Crippen LogP contribution in [0.15, 0.2) is 227 Å². The SMILES string of the molecule is CC(C)[C@@H]1NC(=O)[C@@H](Cc2c[nH]c3ccccc23)n2c1nc1ccc(Cl)cc1c2=O.O=C1N[C@@H](CC2=CCc3ccccc32)c2nc3ccccc3c(=O)n2[C@@H]1Cc1c[nH]c2ccccc12.O=C1N[C@H](Cc2ccc(O)cc2)c2nc3ccccc3c(=O)n2[C@H]1Cc1c[nH]c2ccccc12. The van der Waals surface area contributed by atoms with Crippen LogP contribution in [0.4, 0.5) is 0 Å². The Morgan fingerprint density at radius 1 is 0.450 bits per heavy atom. The van der Waals surface area contributed by atoms with E-state index in [1.165, 1.54) is 16.7 Å². The highest BCUT2D eigenvalue weighted by Crippen LogP contribution is 2.39. The van der Waals surface area contributed by atoms with Crippen LogP contribution in [0.1, 0.15) is 107 Å². The number of halogens is 1. The lowest BCUT2D eigenvalue weighted by molar-refractivity contribution is -0.127. The third-order valence-electron chi connectivity index (χ3n) is 19.9. The van der Waals surface area contributed by atoms with Crippen LogP contribution in [0, 0.1) is 5.92 Å². The number of aromatic amines is 3. The molecule has 19 nitrogen and oxygen atoms in total. The maximum atomic E-state index is 13.8. The van der Waals surface area contributed by atoms with Crippen LogP contribution in [0.5, 0.6) is 5.75 Å². The molecule has 14 aromatic rings. The molecule has 6 aromatic heterocycles. The molecular weight excluding hydrogens is 1280 g/mol. The standard InChI is InChI=1S/C30H24N4O2.C27H22N4O3.C23H21ClN4O2/c35-29-27(16-20-17-31-24-11-5-3-9-22(20)24)34-28(32-25-12-6-4-10-23(25)30(34)36)26(33-29)15-19-14-13-18-7-1-2-8-21(18)19;32-18-11-9-16(10-12-18)13-23-25-29-22-8-4-2-6-20(22)27(34)31(25)24(26(33)30-23)14-17-15-28-21-7-3-1-5-19(17)21;1-12(2)20-21-26-18-8-7-14(24)10-16(18)23(30)28(21)19(22(29)27-20)9-13-11-25-17-6-4-3-5-15(13)17/h1-12,14,17,26-27,31H,13,15-16H2,(H,33,35);1-12,15,23-24,28,32H,13-14H2,(H,30,33);3-8,10-12,19-20,25H,9H2,1-2H3,(H,27,29)/t26-,27+;23-,24+;19-,20+/m011/s1. The van der Waals surface area contributed by atoms with Gasteiger partial charge in [0.2, 0.25) is 17.7 Å². The molecule has 3 amide bonds. The van der Waals surface area contributed by atoms with Gasteiger partial charge in [-0.3, -0.25) is 42.5 Å².